The quantitative estimate of drug-likeness (QED) is 0.889. The molecule has 1 aromatic rings. The second-order valence-corrected chi connectivity index (χ2v) is 5.91. The summed E-state index contributed by atoms with van der Waals surface area (Å²) in [6, 6.07) is 6.98. The number of carboxylic acid groups (broad SMARTS) is 1. The predicted molar refractivity (Wildman–Crippen MR) is 77.5 cm³/mol. The van der Waals surface area contributed by atoms with E-state index in [9.17, 15) is 9.90 Å². The van der Waals surface area contributed by atoms with Crippen LogP contribution in [0.1, 0.15) is 38.8 Å². The van der Waals surface area contributed by atoms with E-state index >= 15 is 0 Å². The predicted octanol–water partition coefficient (Wildman–Crippen LogP) is 3.51. The highest BCUT2D eigenvalue weighted by Gasteiger charge is 2.33. The van der Waals surface area contributed by atoms with Crippen molar-refractivity contribution >= 4 is 17.7 Å². The molecule has 1 aromatic carbocycles. The van der Waals surface area contributed by atoms with Gasteiger partial charge in [-0.05, 0) is 51.4 Å². The van der Waals surface area contributed by atoms with Crippen LogP contribution in [0.25, 0.3) is 0 Å². The number of amides is 1. The molecule has 0 spiro atoms. The van der Waals surface area contributed by atoms with Gasteiger partial charge in [-0.25, -0.2) is 4.79 Å². The molecule has 0 saturated carbocycles. The van der Waals surface area contributed by atoms with Crippen LogP contribution < -0.4 is 5.73 Å². The van der Waals surface area contributed by atoms with Crippen LogP contribution in [0.3, 0.4) is 0 Å². The van der Waals surface area contributed by atoms with Crippen molar-refractivity contribution in [3.63, 3.8) is 0 Å². The molecule has 0 aliphatic rings. The highest BCUT2D eigenvalue weighted by Crippen LogP contribution is 2.31. The lowest BCUT2D eigenvalue weighted by atomic mass is 9.96. The number of hydrogen-bond donors (Lipinski definition) is 2. The van der Waals surface area contributed by atoms with Gasteiger partial charge in [0.25, 0.3) is 0 Å². The largest absolute Gasteiger partial charge is 0.465 e. The minimum absolute atomic E-state index is 0.291. The van der Waals surface area contributed by atoms with Crippen LogP contribution in [0.2, 0.25) is 5.02 Å². The summed E-state index contributed by atoms with van der Waals surface area (Å²) in [6.07, 6.45) is -0.393. The monoisotopic (exact) mass is 284 g/mol. The van der Waals surface area contributed by atoms with Crippen molar-refractivity contribution in [2.75, 3.05) is 6.54 Å². The van der Waals surface area contributed by atoms with E-state index in [2.05, 4.69) is 0 Å². The topological polar surface area (TPSA) is 66.6 Å². The Kier molecular flexibility index (Phi) is 5.20. The van der Waals surface area contributed by atoms with Crippen molar-refractivity contribution in [3.05, 3.63) is 34.9 Å². The maximum absolute atomic E-state index is 11.6. The van der Waals surface area contributed by atoms with Gasteiger partial charge in [0.15, 0.2) is 0 Å². The van der Waals surface area contributed by atoms with Crippen molar-refractivity contribution in [3.8, 4) is 0 Å². The SMILES string of the molecule is CC(C)(C)N(C(=O)O)C(CCN)c1cccc(Cl)c1. The molecule has 3 N–H and O–H groups in total. The van der Waals surface area contributed by atoms with Crippen LogP contribution in [-0.4, -0.2) is 28.2 Å². The van der Waals surface area contributed by atoms with E-state index in [0.29, 0.717) is 18.0 Å². The molecule has 0 radical (unpaired) electrons. The second-order valence-electron chi connectivity index (χ2n) is 5.47. The zero-order chi connectivity index (χ0) is 14.6. The summed E-state index contributed by atoms with van der Waals surface area (Å²) < 4.78 is 0. The van der Waals surface area contributed by atoms with Gasteiger partial charge < -0.3 is 10.8 Å². The summed E-state index contributed by atoms with van der Waals surface area (Å²) in [4.78, 5) is 13.0. The average molecular weight is 285 g/mol. The lowest BCUT2D eigenvalue weighted by molar-refractivity contribution is 0.0675. The Bertz CT molecular complexity index is 443. The molecule has 0 heterocycles. The zero-order valence-electron chi connectivity index (χ0n) is 11.6. The van der Waals surface area contributed by atoms with Crippen molar-refractivity contribution in [1.29, 1.82) is 0 Å². The highest BCUT2D eigenvalue weighted by atomic mass is 35.5. The van der Waals surface area contributed by atoms with Crippen LogP contribution >= 0.6 is 11.6 Å². The summed E-state index contributed by atoms with van der Waals surface area (Å²) in [5, 5.41) is 10.1. The fourth-order valence-corrected chi connectivity index (χ4v) is 2.40. The lowest BCUT2D eigenvalue weighted by Gasteiger charge is -2.40. The Labute approximate surface area is 119 Å². The van der Waals surface area contributed by atoms with Crippen LogP contribution in [0.15, 0.2) is 24.3 Å². The molecule has 0 saturated heterocycles. The third-order valence-electron chi connectivity index (χ3n) is 2.91. The van der Waals surface area contributed by atoms with Gasteiger partial charge in [-0.3, -0.25) is 4.90 Å². The fraction of sp³-hybridized carbons (Fsp3) is 0.500. The second kappa shape index (κ2) is 6.26. The Hall–Kier alpha value is -1.26. The molecule has 0 aliphatic heterocycles. The number of nitrogens with two attached hydrogens (primary N) is 1. The molecule has 1 rings (SSSR count). The van der Waals surface area contributed by atoms with Crippen LogP contribution in [0.5, 0.6) is 0 Å². The first kappa shape index (κ1) is 15.8. The van der Waals surface area contributed by atoms with E-state index in [-0.39, 0.29) is 6.04 Å². The number of carbonyl (C=O) groups is 1. The number of rotatable bonds is 4. The first-order valence-corrected chi connectivity index (χ1v) is 6.63. The lowest BCUT2D eigenvalue weighted by Crippen LogP contribution is -2.47. The molecule has 106 valence electrons. The Morgan fingerprint density at radius 1 is 1.47 bits per heavy atom. The summed E-state index contributed by atoms with van der Waals surface area (Å²) in [5.74, 6) is 0. The number of hydrogen-bond acceptors (Lipinski definition) is 2. The summed E-state index contributed by atoms with van der Waals surface area (Å²) in [7, 11) is 0. The molecule has 5 heteroatoms. The average Bonchev–Trinajstić information content (AvgIpc) is 2.26. The van der Waals surface area contributed by atoms with Crippen LogP contribution in [0, 0.1) is 0 Å². The van der Waals surface area contributed by atoms with Crippen LogP contribution in [0.4, 0.5) is 4.79 Å². The molecular weight excluding hydrogens is 264 g/mol. The summed E-state index contributed by atoms with van der Waals surface area (Å²) in [5.41, 5.74) is 6.00. The molecule has 1 amide bonds. The van der Waals surface area contributed by atoms with E-state index in [1.54, 1.807) is 12.1 Å². The molecule has 1 atom stereocenters. The molecule has 4 nitrogen and oxygen atoms in total. The highest BCUT2D eigenvalue weighted by molar-refractivity contribution is 6.30. The smallest absolute Gasteiger partial charge is 0.408 e. The molecule has 0 aromatic heterocycles. The van der Waals surface area contributed by atoms with Gasteiger partial charge in [0.05, 0.1) is 6.04 Å². The zero-order valence-corrected chi connectivity index (χ0v) is 12.3. The molecule has 0 fully saturated rings. The number of benzene rings is 1. The van der Waals surface area contributed by atoms with Crippen molar-refractivity contribution in [2.24, 2.45) is 5.73 Å². The maximum atomic E-state index is 11.6. The van der Waals surface area contributed by atoms with Gasteiger partial charge in [0, 0.05) is 10.6 Å². The standard InChI is InChI=1S/C14H21ClN2O2/c1-14(2,3)17(13(18)19)12(7-8-16)10-5-4-6-11(15)9-10/h4-6,9,12H,7-8,16H2,1-3H3,(H,18,19). The van der Waals surface area contributed by atoms with E-state index in [1.807, 2.05) is 32.9 Å². The van der Waals surface area contributed by atoms with Crippen molar-refractivity contribution in [2.45, 2.75) is 38.8 Å². The summed E-state index contributed by atoms with van der Waals surface area (Å²) in [6.45, 7) is 6.02. The third kappa shape index (κ3) is 4.11. The Morgan fingerprint density at radius 3 is 2.53 bits per heavy atom. The molecule has 0 aliphatic carbocycles. The van der Waals surface area contributed by atoms with Gasteiger partial charge in [0.1, 0.15) is 0 Å². The molecular formula is C14H21ClN2O2. The van der Waals surface area contributed by atoms with Gasteiger partial charge in [0.2, 0.25) is 0 Å². The minimum Gasteiger partial charge on any atom is -0.465 e. The van der Waals surface area contributed by atoms with Gasteiger partial charge >= 0.3 is 6.09 Å². The van der Waals surface area contributed by atoms with E-state index in [0.717, 1.165) is 5.56 Å². The van der Waals surface area contributed by atoms with E-state index in [1.165, 1.54) is 4.90 Å². The first-order valence-electron chi connectivity index (χ1n) is 6.25. The van der Waals surface area contributed by atoms with Crippen molar-refractivity contribution < 1.29 is 9.90 Å². The first-order chi connectivity index (χ1) is 8.77. The number of halogens is 1. The normalized spacial score (nSPS) is 13.1. The Balaban J connectivity index is 3.21. The van der Waals surface area contributed by atoms with Gasteiger partial charge in [-0.1, -0.05) is 23.7 Å². The fourth-order valence-electron chi connectivity index (χ4n) is 2.20. The van der Waals surface area contributed by atoms with Gasteiger partial charge in [-0.2, -0.15) is 0 Å². The van der Waals surface area contributed by atoms with Crippen molar-refractivity contribution in [1.82, 2.24) is 4.90 Å². The minimum atomic E-state index is -0.953. The van der Waals surface area contributed by atoms with E-state index < -0.39 is 11.6 Å². The van der Waals surface area contributed by atoms with Crippen LogP contribution in [-0.2, 0) is 0 Å². The third-order valence-corrected chi connectivity index (χ3v) is 3.15. The Morgan fingerprint density at radius 2 is 2.11 bits per heavy atom. The maximum Gasteiger partial charge on any atom is 0.408 e. The van der Waals surface area contributed by atoms with E-state index in [4.69, 9.17) is 17.3 Å². The molecule has 0 bridgehead atoms. The summed E-state index contributed by atoms with van der Waals surface area (Å²) >= 11 is 5.99. The number of nitrogens with zero attached hydrogens (tertiary/aromatic N) is 1. The molecule has 1 unspecified atom stereocenters. The molecule has 19 heavy (non-hydrogen) atoms. The van der Waals surface area contributed by atoms with Gasteiger partial charge in [-0.15, -0.1) is 0 Å².